The molecule has 0 radical (unpaired) electrons. The van der Waals surface area contributed by atoms with E-state index in [-0.39, 0.29) is 28.8 Å². The molecule has 1 atom stereocenters. The number of Topliss-reactive ketones (excluding diaryl/α,β-unsaturated/α-hetero) is 1. The summed E-state index contributed by atoms with van der Waals surface area (Å²) < 4.78 is 29.1. The summed E-state index contributed by atoms with van der Waals surface area (Å²) >= 11 is 0. The highest BCUT2D eigenvalue weighted by Crippen LogP contribution is 2.47. The average molecular weight is 437 g/mol. The summed E-state index contributed by atoms with van der Waals surface area (Å²) in [4.78, 5) is 30.8. The summed E-state index contributed by atoms with van der Waals surface area (Å²) in [6.07, 6.45) is 2.39. The van der Waals surface area contributed by atoms with Gasteiger partial charge in [0.25, 0.3) is 5.91 Å². The maximum Gasteiger partial charge on any atom is 0.255 e. The number of hydrogen-bond donors (Lipinski definition) is 2. The number of hydrogen-bond acceptors (Lipinski definition) is 4. The Balaban J connectivity index is 1.85. The molecule has 166 valence electrons. The monoisotopic (exact) mass is 437 g/mol. The number of carbonyl (C=O) groups is 2. The standard InChI is InChI=1S/C25H25F2N3O2/c1-13-8-9-28-19(10-13)30-24(32)20-14(2)29-17-11-25(3,4)12-18(31)22(17)21(20)15-6-5-7-16(26)23(15)27/h5-10,21,29H,11-12H2,1-4H3,(H,28,30,32). The number of pyridine rings is 1. The number of ketones is 1. The third-order valence-electron chi connectivity index (χ3n) is 5.93. The third kappa shape index (κ3) is 3.95. The maximum atomic E-state index is 15.0. The number of dihydropyridines is 1. The van der Waals surface area contributed by atoms with Crippen molar-refractivity contribution in [2.24, 2.45) is 5.41 Å². The van der Waals surface area contributed by atoms with E-state index in [0.29, 0.717) is 29.2 Å². The lowest BCUT2D eigenvalue weighted by Gasteiger charge is -2.39. The van der Waals surface area contributed by atoms with Gasteiger partial charge in [-0.25, -0.2) is 13.8 Å². The minimum atomic E-state index is -1.06. The van der Waals surface area contributed by atoms with E-state index >= 15 is 0 Å². The average Bonchev–Trinajstić information content (AvgIpc) is 2.68. The van der Waals surface area contributed by atoms with Crippen LogP contribution in [0.25, 0.3) is 0 Å². The van der Waals surface area contributed by atoms with Crippen molar-refractivity contribution in [1.29, 1.82) is 0 Å². The number of nitrogens with one attached hydrogen (secondary N) is 2. The molecule has 0 saturated heterocycles. The smallest absolute Gasteiger partial charge is 0.255 e. The van der Waals surface area contributed by atoms with Gasteiger partial charge in [-0.2, -0.15) is 0 Å². The van der Waals surface area contributed by atoms with Crippen molar-refractivity contribution in [1.82, 2.24) is 10.3 Å². The van der Waals surface area contributed by atoms with Crippen LogP contribution in [0.2, 0.25) is 0 Å². The van der Waals surface area contributed by atoms with E-state index in [1.165, 1.54) is 12.1 Å². The second kappa shape index (κ2) is 7.97. The molecule has 1 aromatic carbocycles. The number of benzene rings is 1. The van der Waals surface area contributed by atoms with Crippen LogP contribution < -0.4 is 10.6 Å². The van der Waals surface area contributed by atoms with Crippen molar-refractivity contribution in [2.45, 2.75) is 46.5 Å². The van der Waals surface area contributed by atoms with Gasteiger partial charge >= 0.3 is 0 Å². The van der Waals surface area contributed by atoms with Gasteiger partial charge in [-0.3, -0.25) is 9.59 Å². The van der Waals surface area contributed by atoms with Crippen molar-refractivity contribution in [3.8, 4) is 0 Å². The van der Waals surface area contributed by atoms with Gasteiger partial charge in [-0.05, 0) is 49.4 Å². The first kappa shape index (κ1) is 21.9. The first-order valence-corrected chi connectivity index (χ1v) is 10.5. The molecule has 7 heteroatoms. The van der Waals surface area contributed by atoms with Gasteiger partial charge in [0.1, 0.15) is 5.82 Å². The zero-order chi connectivity index (χ0) is 23.2. The van der Waals surface area contributed by atoms with Crippen LogP contribution >= 0.6 is 0 Å². The van der Waals surface area contributed by atoms with E-state index in [1.54, 1.807) is 25.3 Å². The molecule has 1 aromatic heterocycles. The molecule has 0 spiro atoms. The summed E-state index contributed by atoms with van der Waals surface area (Å²) in [6, 6.07) is 7.35. The molecule has 0 fully saturated rings. The van der Waals surface area contributed by atoms with Crippen LogP contribution in [-0.4, -0.2) is 16.7 Å². The largest absolute Gasteiger partial charge is 0.362 e. The van der Waals surface area contributed by atoms with Gasteiger partial charge in [0.15, 0.2) is 17.4 Å². The normalized spacial score (nSPS) is 20.1. The number of amides is 1. The fourth-order valence-electron chi connectivity index (χ4n) is 4.58. The van der Waals surface area contributed by atoms with Gasteiger partial charge < -0.3 is 10.6 Å². The summed E-state index contributed by atoms with van der Waals surface area (Å²) in [5.41, 5.74) is 2.24. The molecule has 2 aromatic rings. The van der Waals surface area contributed by atoms with Crippen molar-refractivity contribution in [3.05, 3.63) is 81.8 Å². The second-order valence-corrected chi connectivity index (χ2v) is 9.25. The van der Waals surface area contributed by atoms with E-state index in [0.717, 1.165) is 11.6 Å². The van der Waals surface area contributed by atoms with Crippen LogP contribution in [0.1, 0.15) is 50.7 Å². The Kier molecular flexibility index (Phi) is 5.44. The van der Waals surface area contributed by atoms with Crippen molar-refractivity contribution in [2.75, 3.05) is 5.32 Å². The molecular formula is C25H25F2N3O2. The zero-order valence-electron chi connectivity index (χ0n) is 18.5. The number of aromatic nitrogens is 1. The van der Waals surface area contributed by atoms with Gasteiger partial charge in [-0.1, -0.05) is 26.0 Å². The number of halogens is 2. The Labute approximate surface area is 185 Å². The number of allylic oxidation sites excluding steroid dienone is 3. The second-order valence-electron chi connectivity index (χ2n) is 9.25. The highest BCUT2D eigenvalue weighted by atomic mass is 19.2. The molecule has 1 aliphatic carbocycles. The highest BCUT2D eigenvalue weighted by Gasteiger charge is 2.43. The van der Waals surface area contributed by atoms with E-state index in [9.17, 15) is 18.4 Å². The van der Waals surface area contributed by atoms with Crippen molar-refractivity contribution >= 4 is 17.5 Å². The topological polar surface area (TPSA) is 71.1 Å². The molecule has 1 unspecified atom stereocenters. The maximum absolute atomic E-state index is 15.0. The molecule has 4 rings (SSSR count). The van der Waals surface area contributed by atoms with E-state index < -0.39 is 23.5 Å². The summed E-state index contributed by atoms with van der Waals surface area (Å²) in [5, 5.41) is 5.95. The lowest BCUT2D eigenvalue weighted by molar-refractivity contribution is -0.118. The fraction of sp³-hybridized carbons (Fsp3) is 0.320. The fourth-order valence-corrected chi connectivity index (χ4v) is 4.58. The van der Waals surface area contributed by atoms with E-state index in [4.69, 9.17) is 0 Å². The summed E-state index contributed by atoms with van der Waals surface area (Å²) in [5.74, 6) is -3.46. The SMILES string of the molecule is CC1=C(C(=O)Nc2cc(C)ccn2)C(c2cccc(F)c2F)C2=C(CC(C)(C)CC2=O)N1. The Bertz CT molecular complexity index is 1200. The first-order valence-electron chi connectivity index (χ1n) is 10.5. The van der Waals surface area contributed by atoms with Gasteiger partial charge in [0.2, 0.25) is 0 Å². The molecule has 2 N–H and O–H groups in total. The Morgan fingerprint density at radius 3 is 2.66 bits per heavy atom. The van der Waals surface area contributed by atoms with Crippen LogP contribution in [-0.2, 0) is 9.59 Å². The van der Waals surface area contributed by atoms with Gasteiger partial charge in [0, 0.05) is 46.6 Å². The van der Waals surface area contributed by atoms with E-state index in [1.807, 2.05) is 20.8 Å². The molecule has 1 aliphatic heterocycles. The van der Waals surface area contributed by atoms with Crippen LogP contribution in [0.4, 0.5) is 14.6 Å². The molecular weight excluding hydrogens is 412 g/mol. The predicted octanol–water partition coefficient (Wildman–Crippen LogP) is 4.91. The Morgan fingerprint density at radius 2 is 1.94 bits per heavy atom. The van der Waals surface area contributed by atoms with Crippen LogP contribution in [0.5, 0.6) is 0 Å². The zero-order valence-corrected chi connectivity index (χ0v) is 18.5. The summed E-state index contributed by atoms with van der Waals surface area (Å²) in [6.45, 7) is 7.55. The van der Waals surface area contributed by atoms with Crippen LogP contribution in [0.3, 0.4) is 0 Å². The molecule has 2 heterocycles. The molecule has 2 aliphatic rings. The van der Waals surface area contributed by atoms with Gasteiger partial charge in [0.05, 0.1) is 0 Å². The minimum absolute atomic E-state index is 0.0336. The van der Waals surface area contributed by atoms with Crippen molar-refractivity contribution in [3.63, 3.8) is 0 Å². The third-order valence-corrected chi connectivity index (χ3v) is 5.93. The highest BCUT2D eigenvalue weighted by molar-refractivity contribution is 6.09. The number of anilines is 1. The lowest BCUT2D eigenvalue weighted by Crippen LogP contribution is -2.39. The molecule has 0 saturated carbocycles. The molecule has 1 amide bonds. The Morgan fingerprint density at radius 1 is 1.19 bits per heavy atom. The number of rotatable bonds is 3. The molecule has 0 bridgehead atoms. The van der Waals surface area contributed by atoms with Crippen molar-refractivity contribution < 1.29 is 18.4 Å². The van der Waals surface area contributed by atoms with Crippen LogP contribution in [0.15, 0.2) is 59.1 Å². The van der Waals surface area contributed by atoms with Crippen LogP contribution in [0, 0.1) is 24.0 Å². The first-order chi connectivity index (χ1) is 15.1. The Hall–Kier alpha value is -3.35. The number of carbonyl (C=O) groups excluding carboxylic acids is 2. The predicted molar refractivity (Wildman–Crippen MR) is 118 cm³/mol. The molecule has 5 nitrogen and oxygen atoms in total. The lowest BCUT2D eigenvalue weighted by atomic mass is 9.68. The number of aryl methyl sites for hydroxylation is 1. The number of nitrogens with zero attached hydrogens (tertiary/aromatic N) is 1. The summed E-state index contributed by atoms with van der Waals surface area (Å²) in [7, 11) is 0. The quantitative estimate of drug-likeness (QED) is 0.716. The van der Waals surface area contributed by atoms with E-state index in [2.05, 4.69) is 15.6 Å². The molecule has 32 heavy (non-hydrogen) atoms. The van der Waals surface area contributed by atoms with Gasteiger partial charge in [-0.15, -0.1) is 0 Å². The minimum Gasteiger partial charge on any atom is -0.362 e.